The van der Waals surface area contributed by atoms with Crippen LogP contribution in [0.25, 0.3) is 0 Å². The lowest BCUT2D eigenvalue weighted by Gasteiger charge is -2.41. The van der Waals surface area contributed by atoms with Crippen LogP contribution in [0, 0.1) is 0 Å². The topological polar surface area (TPSA) is 26.0 Å². The fourth-order valence-corrected chi connectivity index (χ4v) is 2.24. The molecule has 0 spiro atoms. The molecule has 0 saturated heterocycles. The number of rotatable bonds is 1. The highest BCUT2D eigenvalue weighted by Gasteiger charge is 2.70. The van der Waals surface area contributed by atoms with Crippen LogP contribution in [0.5, 0.6) is 0 Å². The Kier molecular flexibility index (Phi) is 1.72. The molecule has 0 amide bonds. The summed E-state index contributed by atoms with van der Waals surface area (Å²) in [5.74, 6) is -3.21. The first-order chi connectivity index (χ1) is 5.91. The van der Waals surface area contributed by atoms with Gasteiger partial charge in [-0.3, -0.25) is 0 Å². The zero-order valence-electron chi connectivity index (χ0n) is 7.45. The second-order valence-electron chi connectivity index (χ2n) is 4.37. The van der Waals surface area contributed by atoms with Gasteiger partial charge in [0.15, 0.2) is 5.67 Å². The molecule has 0 heterocycles. The van der Waals surface area contributed by atoms with Crippen molar-refractivity contribution in [2.24, 2.45) is 5.73 Å². The minimum absolute atomic E-state index is 0.0729. The Morgan fingerprint density at radius 3 is 1.85 bits per heavy atom. The van der Waals surface area contributed by atoms with Crippen LogP contribution in [0.4, 0.5) is 13.2 Å². The molecule has 76 valence electrons. The van der Waals surface area contributed by atoms with E-state index in [0.717, 1.165) is 0 Å². The van der Waals surface area contributed by atoms with Gasteiger partial charge in [-0.1, -0.05) is 0 Å². The minimum Gasteiger partial charge on any atom is -0.322 e. The van der Waals surface area contributed by atoms with Gasteiger partial charge in [0.05, 0.1) is 5.54 Å². The normalized spacial score (nSPS) is 41.5. The van der Waals surface area contributed by atoms with E-state index in [-0.39, 0.29) is 12.8 Å². The molecular formula is C9H14F3N. The van der Waals surface area contributed by atoms with Crippen molar-refractivity contribution in [2.45, 2.75) is 55.7 Å². The summed E-state index contributed by atoms with van der Waals surface area (Å²) >= 11 is 0. The fourth-order valence-electron chi connectivity index (χ4n) is 2.24. The van der Waals surface area contributed by atoms with E-state index >= 15 is 0 Å². The molecule has 1 unspecified atom stereocenters. The van der Waals surface area contributed by atoms with Crippen LogP contribution >= 0.6 is 0 Å². The summed E-state index contributed by atoms with van der Waals surface area (Å²) in [6, 6.07) is 0. The molecule has 0 radical (unpaired) electrons. The third-order valence-electron chi connectivity index (χ3n) is 3.42. The van der Waals surface area contributed by atoms with Crippen molar-refractivity contribution < 1.29 is 13.2 Å². The average molecular weight is 193 g/mol. The van der Waals surface area contributed by atoms with E-state index in [9.17, 15) is 13.2 Å². The molecule has 2 aliphatic rings. The summed E-state index contributed by atoms with van der Waals surface area (Å²) in [6.07, 6.45) is 1.33. The quantitative estimate of drug-likeness (QED) is 0.679. The second-order valence-corrected chi connectivity index (χ2v) is 4.37. The SMILES string of the molecule is NC1(C2(F)CCCCC2(F)F)CC1. The predicted molar refractivity (Wildman–Crippen MR) is 43.4 cm³/mol. The van der Waals surface area contributed by atoms with Gasteiger partial charge in [-0.25, -0.2) is 13.2 Å². The van der Waals surface area contributed by atoms with Crippen LogP contribution in [0.1, 0.15) is 38.5 Å². The summed E-state index contributed by atoms with van der Waals surface area (Å²) in [5, 5.41) is 0. The van der Waals surface area contributed by atoms with Crippen LogP contribution in [-0.2, 0) is 0 Å². The van der Waals surface area contributed by atoms with E-state index in [1.54, 1.807) is 0 Å². The van der Waals surface area contributed by atoms with Gasteiger partial charge in [-0.15, -0.1) is 0 Å². The van der Waals surface area contributed by atoms with Crippen molar-refractivity contribution in [3.05, 3.63) is 0 Å². The first kappa shape index (κ1) is 9.31. The molecule has 0 aromatic carbocycles. The lowest BCUT2D eigenvalue weighted by molar-refractivity contribution is -0.177. The summed E-state index contributed by atoms with van der Waals surface area (Å²) in [7, 11) is 0. The van der Waals surface area contributed by atoms with Crippen molar-refractivity contribution in [3.63, 3.8) is 0 Å². The molecule has 2 N–H and O–H groups in total. The lowest BCUT2D eigenvalue weighted by Crippen LogP contribution is -2.60. The Balaban J connectivity index is 2.27. The summed E-state index contributed by atoms with van der Waals surface area (Å²) < 4.78 is 40.7. The molecule has 0 aromatic heterocycles. The first-order valence-corrected chi connectivity index (χ1v) is 4.77. The van der Waals surface area contributed by atoms with Gasteiger partial charge < -0.3 is 5.73 Å². The Hall–Kier alpha value is -0.250. The maximum atomic E-state index is 14.0. The molecule has 0 bridgehead atoms. The highest BCUT2D eigenvalue weighted by molar-refractivity contribution is 5.20. The molecule has 4 heteroatoms. The maximum absolute atomic E-state index is 14.0. The van der Waals surface area contributed by atoms with Gasteiger partial charge in [0.1, 0.15) is 0 Å². The minimum atomic E-state index is -3.21. The Morgan fingerprint density at radius 2 is 1.38 bits per heavy atom. The Labute approximate surface area is 75.5 Å². The number of nitrogens with two attached hydrogens (primary N) is 1. The van der Waals surface area contributed by atoms with Crippen LogP contribution < -0.4 is 5.73 Å². The standard InChI is InChI=1S/C9H14F3N/c10-8(7(13)5-6-7)3-1-2-4-9(8,11)12/h1-6,13H2. The monoisotopic (exact) mass is 193 g/mol. The molecular weight excluding hydrogens is 179 g/mol. The van der Waals surface area contributed by atoms with Crippen molar-refractivity contribution in [1.82, 2.24) is 0 Å². The van der Waals surface area contributed by atoms with Crippen molar-refractivity contribution in [3.8, 4) is 0 Å². The van der Waals surface area contributed by atoms with Crippen molar-refractivity contribution >= 4 is 0 Å². The number of alkyl halides is 3. The number of hydrogen-bond acceptors (Lipinski definition) is 1. The highest BCUT2D eigenvalue weighted by atomic mass is 19.3. The van der Waals surface area contributed by atoms with Crippen LogP contribution in [0.2, 0.25) is 0 Å². The number of hydrogen-bond donors (Lipinski definition) is 1. The largest absolute Gasteiger partial charge is 0.322 e. The average Bonchev–Trinajstić information content (AvgIpc) is 2.76. The van der Waals surface area contributed by atoms with Gasteiger partial charge >= 0.3 is 0 Å². The lowest BCUT2D eigenvalue weighted by atomic mass is 9.76. The molecule has 1 nitrogen and oxygen atoms in total. The third-order valence-corrected chi connectivity index (χ3v) is 3.42. The fraction of sp³-hybridized carbons (Fsp3) is 1.00. The molecule has 13 heavy (non-hydrogen) atoms. The summed E-state index contributed by atoms with van der Waals surface area (Å²) in [5.41, 5.74) is 1.92. The zero-order chi connectivity index (χ0) is 9.74. The summed E-state index contributed by atoms with van der Waals surface area (Å²) in [4.78, 5) is 0. The molecule has 2 fully saturated rings. The van der Waals surface area contributed by atoms with E-state index in [4.69, 9.17) is 5.73 Å². The molecule has 0 aliphatic heterocycles. The van der Waals surface area contributed by atoms with Crippen LogP contribution in [0.15, 0.2) is 0 Å². The third kappa shape index (κ3) is 1.11. The van der Waals surface area contributed by atoms with Gasteiger partial charge in [0, 0.05) is 6.42 Å². The van der Waals surface area contributed by atoms with Crippen molar-refractivity contribution in [1.29, 1.82) is 0 Å². The smallest absolute Gasteiger partial charge is 0.283 e. The molecule has 2 aliphatic carbocycles. The maximum Gasteiger partial charge on any atom is 0.283 e. The van der Waals surface area contributed by atoms with E-state index < -0.39 is 17.1 Å². The molecule has 0 aromatic rings. The first-order valence-electron chi connectivity index (χ1n) is 4.77. The van der Waals surface area contributed by atoms with Crippen LogP contribution in [-0.4, -0.2) is 17.1 Å². The van der Waals surface area contributed by atoms with E-state index in [0.29, 0.717) is 25.7 Å². The molecule has 2 saturated carbocycles. The van der Waals surface area contributed by atoms with Crippen LogP contribution in [0.3, 0.4) is 0 Å². The van der Waals surface area contributed by atoms with E-state index in [1.807, 2.05) is 0 Å². The zero-order valence-corrected chi connectivity index (χ0v) is 7.45. The van der Waals surface area contributed by atoms with Gasteiger partial charge in [0.2, 0.25) is 0 Å². The summed E-state index contributed by atoms with van der Waals surface area (Å²) in [6.45, 7) is 0. The number of halogens is 3. The van der Waals surface area contributed by atoms with Gasteiger partial charge in [0.25, 0.3) is 5.92 Å². The Bertz CT molecular complexity index is 225. The highest BCUT2D eigenvalue weighted by Crippen LogP contribution is 2.57. The van der Waals surface area contributed by atoms with E-state index in [2.05, 4.69) is 0 Å². The van der Waals surface area contributed by atoms with Gasteiger partial charge in [-0.05, 0) is 32.1 Å². The second kappa shape index (κ2) is 2.41. The Morgan fingerprint density at radius 1 is 0.846 bits per heavy atom. The van der Waals surface area contributed by atoms with Gasteiger partial charge in [-0.2, -0.15) is 0 Å². The van der Waals surface area contributed by atoms with Crippen molar-refractivity contribution in [2.75, 3.05) is 0 Å². The molecule has 1 atom stereocenters. The molecule has 2 rings (SSSR count). The predicted octanol–water partition coefficient (Wildman–Crippen LogP) is 2.40. The van der Waals surface area contributed by atoms with E-state index in [1.165, 1.54) is 0 Å².